The van der Waals surface area contributed by atoms with Crippen LogP contribution < -0.4 is 25.3 Å². The molecule has 1 atom stereocenters. The number of halogens is 2. The van der Waals surface area contributed by atoms with Gasteiger partial charge < -0.3 is 25.3 Å². The Balaban J connectivity index is 0.00000364. The summed E-state index contributed by atoms with van der Waals surface area (Å²) < 4.78 is 29.5. The highest BCUT2D eigenvalue weighted by Crippen LogP contribution is 2.28. The van der Waals surface area contributed by atoms with Crippen molar-refractivity contribution in [3.05, 3.63) is 48.3 Å². The summed E-state index contributed by atoms with van der Waals surface area (Å²) in [6.45, 7) is 2.30. The SMILES string of the molecule is CCC(CN=C(N)Nc1cc(OC)ccc1OC)Oc1cccc(F)c1.I. The summed E-state index contributed by atoms with van der Waals surface area (Å²) in [5, 5.41) is 3.00. The number of nitrogens with one attached hydrogen (secondary N) is 1. The Kier molecular flexibility index (Phi) is 9.70. The van der Waals surface area contributed by atoms with Crippen molar-refractivity contribution >= 4 is 35.6 Å². The predicted molar refractivity (Wildman–Crippen MR) is 116 cm³/mol. The number of ether oxygens (including phenoxy) is 3. The molecule has 148 valence electrons. The predicted octanol–water partition coefficient (Wildman–Crippen LogP) is 4.05. The molecule has 2 aromatic carbocycles. The maximum Gasteiger partial charge on any atom is 0.193 e. The minimum atomic E-state index is -0.341. The maximum absolute atomic E-state index is 13.3. The van der Waals surface area contributed by atoms with Crippen LogP contribution in [-0.2, 0) is 0 Å². The fourth-order valence-corrected chi connectivity index (χ4v) is 2.27. The number of hydrogen-bond acceptors (Lipinski definition) is 4. The Labute approximate surface area is 175 Å². The molecule has 8 heteroatoms. The smallest absolute Gasteiger partial charge is 0.193 e. The molecule has 0 saturated heterocycles. The molecule has 0 spiro atoms. The number of methoxy groups -OCH3 is 2. The van der Waals surface area contributed by atoms with Crippen LogP contribution >= 0.6 is 24.0 Å². The number of nitrogens with two attached hydrogens (primary N) is 1. The molecule has 2 rings (SSSR count). The van der Waals surface area contributed by atoms with Crippen molar-refractivity contribution in [1.29, 1.82) is 0 Å². The van der Waals surface area contributed by atoms with E-state index in [1.54, 1.807) is 44.6 Å². The van der Waals surface area contributed by atoms with Crippen LogP contribution in [0.4, 0.5) is 10.1 Å². The van der Waals surface area contributed by atoms with E-state index >= 15 is 0 Å². The summed E-state index contributed by atoms with van der Waals surface area (Å²) in [6.07, 6.45) is 0.486. The Morgan fingerprint density at radius 3 is 2.56 bits per heavy atom. The molecule has 6 nitrogen and oxygen atoms in total. The molecule has 0 bridgehead atoms. The number of nitrogens with zero attached hydrogens (tertiary/aromatic N) is 1. The second-order valence-electron chi connectivity index (χ2n) is 5.52. The molecule has 0 radical (unpaired) electrons. The lowest BCUT2D eigenvalue weighted by Gasteiger charge is -2.16. The lowest BCUT2D eigenvalue weighted by Crippen LogP contribution is -2.27. The van der Waals surface area contributed by atoms with Crippen LogP contribution in [0.2, 0.25) is 0 Å². The monoisotopic (exact) mass is 489 g/mol. The zero-order chi connectivity index (χ0) is 18.9. The van der Waals surface area contributed by atoms with E-state index in [0.717, 1.165) is 0 Å². The summed E-state index contributed by atoms with van der Waals surface area (Å²) in [6, 6.07) is 11.4. The fourth-order valence-electron chi connectivity index (χ4n) is 2.27. The zero-order valence-corrected chi connectivity index (χ0v) is 17.9. The fraction of sp³-hybridized carbons (Fsp3) is 0.316. The van der Waals surface area contributed by atoms with Crippen LogP contribution in [-0.4, -0.2) is 32.8 Å². The highest BCUT2D eigenvalue weighted by molar-refractivity contribution is 14.0. The summed E-state index contributed by atoms with van der Waals surface area (Å²) in [5.74, 6) is 1.63. The zero-order valence-electron chi connectivity index (χ0n) is 15.6. The summed E-state index contributed by atoms with van der Waals surface area (Å²) in [4.78, 5) is 4.31. The molecule has 0 saturated carbocycles. The number of rotatable bonds is 8. The summed E-state index contributed by atoms with van der Waals surface area (Å²) in [7, 11) is 3.15. The standard InChI is InChI=1S/C19H24FN3O3.HI/c1-4-14(26-16-7-5-6-13(20)10-16)12-22-19(21)23-17-11-15(24-2)8-9-18(17)25-3;/h5-11,14H,4,12H2,1-3H3,(H3,21,22,23);1H. The average molecular weight is 489 g/mol. The van der Waals surface area contributed by atoms with Crippen LogP contribution in [0.5, 0.6) is 17.2 Å². The van der Waals surface area contributed by atoms with Gasteiger partial charge in [0.15, 0.2) is 5.96 Å². The van der Waals surface area contributed by atoms with Gasteiger partial charge in [-0.05, 0) is 30.7 Å². The van der Waals surface area contributed by atoms with Crippen LogP contribution in [0.25, 0.3) is 0 Å². The van der Waals surface area contributed by atoms with Crippen LogP contribution in [0, 0.1) is 5.82 Å². The van der Waals surface area contributed by atoms with Gasteiger partial charge >= 0.3 is 0 Å². The molecule has 0 amide bonds. The first-order valence-electron chi connectivity index (χ1n) is 8.27. The number of anilines is 1. The third kappa shape index (κ3) is 7.12. The molecule has 2 aromatic rings. The molecule has 3 N–H and O–H groups in total. The minimum Gasteiger partial charge on any atom is -0.497 e. The van der Waals surface area contributed by atoms with Crippen molar-refractivity contribution < 1.29 is 18.6 Å². The number of guanidine groups is 1. The van der Waals surface area contributed by atoms with Crippen molar-refractivity contribution in [2.24, 2.45) is 10.7 Å². The van der Waals surface area contributed by atoms with E-state index in [1.165, 1.54) is 12.1 Å². The molecule has 0 aliphatic heterocycles. The Hall–Kier alpha value is -2.23. The molecule has 0 aliphatic rings. The summed E-state index contributed by atoms with van der Waals surface area (Å²) >= 11 is 0. The van der Waals surface area contributed by atoms with Crippen molar-refractivity contribution in [1.82, 2.24) is 0 Å². The molecular formula is C19H25FIN3O3. The van der Waals surface area contributed by atoms with Gasteiger partial charge in [-0.3, -0.25) is 0 Å². The topological polar surface area (TPSA) is 78.1 Å². The van der Waals surface area contributed by atoms with Gasteiger partial charge in [-0.25, -0.2) is 9.38 Å². The van der Waals surface area contributed by atoms with E-state index in [-0.39, 0.29) is 41.9 Å². The second kappa shape index (κ2) is 11.5. The molecule has 0 aliphatic carbocycles. The number of aliphatic imine (C=N–C) groups is 1. The molecule has 0 fully saturated rings. The van der Waals surface area contributed by atoms with E-state index in [9.17, 15) is 4.39 Å². The van der Waals surface area contributed by atoms with E-state index < -0.39 is 0 Å². The van der Waals surface area contributed by atoms with E-state index in [0.29, 0.717) is 35.9 Å². The Morgan fingerprint density at radius 1 is 1.15 bits per heavy atom. The molecule has 0 heterocycles. The third-order valence-corrected chi connectivity index (χ3v) is 3.69. The van der Waals surface area contributed by atoms with Crippen molar-refractivity contribution in [2.75, 3.05) is 26.1 Å². The van der Waals surface area contributed by atoms with Crippen molar-refractivity contribution in [3.63, 3.8) is 0 Å². The van der Waals surface area contributed by atoms with Gasteiger partial charge in [-0.2, -0.15) is 0 Å². The summed E-state index contributed by atoms with van der Waals surface area (Å²) in [5.41, 5.74) is 6.61. The largest absolute Gasteiger partial charge is 0.497 e. The third-order valence-electron chi connectivity index (χ3n) is 3.69. The van der Waals surface area contributed by atoms with Gasteiger partial charge in [0, 0.05) is 12.1 Å². The Morgan fingerprint density at radius 2 is 1.93 bits per heavy atom. The first-order chi connectivity index (χ1) is 12.5. The molecular weight excluding hydrogens is 464 g/mol. The van der Waals surface area contributed by atoms with Gasteiger partial charge in [0.05, 0.1) is 26.5 Å². The molecule has 0 aromatic heterocycles. The lowest BCUT2D eigenvalue weighted by molar-refractivity contribution is 0.205. The normalized spacial score (nSPS) is 11.9. The van der Waals surface area contributed by atoms with Gasteiger partial charge in [0.2, 0.25) is 0 Å². The number of benzene rings is 2. The Bertz CT molecular complexity index is 759. The van der Waals surface area contributed by atoms with E-state index in [2.05, 4.69) is 10.3 Å². The lowest BCUT2D eigenvalue weighted by atomic mass is 10.2. The van der Waals surface area contributed by atoms with Crippen molar-refractivity contribution in [3.8, 4) is 17.2 Å². The van der Waals surface area contributed by atoms with Gasteiger partial charge in [0.25, 0.3) is 0 Å². The first-order valence-corrected chi connectivity index (χ1v) is 8.27. The highest BCUT2D eigenvalue weighted by atomic mass is 127. The van der Waals surface area contributed by atoms with E-state index in [1.807, 2.05) is 6.92 Å². The van der Waals surface area contributed by atoms with Gasteiger partial charge in [-0.15, -0.1) is 24.0 Å². The minimum absolute atomic E-state index is 0. The number of hydrogen-bond donors (Lipinski definition) is 2. The van der Waals surface area contributed by atoms with Crippen LogP contribution in [0.3, 0.4) is 0 Å². The maximum atomic E-state index is 13.3. The van der Waals surface area contributed by atoms with E-state index in [4.69, 9.17) is 19.9 Å². The van der Waals surface area contributed by atoms with Crippen LogP contribution in [0.15, 0.2) is 47.5 Å². The van der Waals surface area contributed by atoms with Gasteiger partial charge in [0.1, 0.15) is 29.2 Å². The van der Waals surface area contributed by atoms with Crippen LogP contribution in [0.1, 0.15) is 13.3 Å². The van der Waals surface area contributed by atoms with Crippen molar-refractivity contribution in [2.45, 2.75) is 19.4 Å². The van der Waals surface area contributed by atoms with Gasteiger partial charge in [-0.1, -0.05) is 13.0 Å². The quantitative estimate of drug-likeness (QED) is 0.333. The average Bonchev–Trinajstić information content (AvgIpc) is 2.65. The highest BCUT2D eigenvalue weighted by Gasteiger charge is 2.10. The molecule has 27 heavy (non-hydrogen) atoms. The first kappa shape index (κ1) is 22.8. The molecule has 1 unspecified atom stereocenters. The second-order valence-corrected chi connectivity index (χ2v) is 5.52.